The molecule has 1 N–H and O–H groups in total. The molecule has 7 heteroatoms. The Bertz CT molecular complexity index is 839. The number of carbonyl (C=O) groups excluding carboxylic acids is 1. The van der Waals surface area contributed by atoms with Crippen LogP contribution in [0.5, 0.6) is 0 Å². The molecule has 2 aromatic rings. The van der Waals surface area contributed by atoms with Crippen molar-refractivity contribution < 1.29 is 4.79 Å². The van der Waals surface area contributed by atoms with E-state index in [1.807, 2.05) is 31.2 Å². The number of aryl methyl sites for hydroxylation is 1. The molecule has 1 saturated heterocycles. The minimum Gasteiger partial charge on any atom is -0.349 e. The lowest BCUT2D eigenvalue weighted by atomic mass is 10.0. The second kappa shape index (κ2) is 7.82. The Kier molecular flexibility index (Phi) is 5.44. The molecule has 1 aliphatic heterocycles. The second-order valence-electron chi connectivity index (χ2n) is 7.52. The highest BCUT2D eigenvalue weighted by Crippen LogP contribution is 2.29. The Labute approximate surface area is 169 Å². The van der Waals surface area contributed by atoms with E-state index in [2.05, 4.69) is 15.3 Å². The van der Waals surface area contributed by atoms with Gasteiger partial charge in [-0.25, -0.2) is 4.68 Å². The highest BCUT2D eigenvalue weighted by Gasteiger charge is 2.32. The molecule has 2 aliphatic rings. The lowest BCUT2D eigenvalue weighted by molar-refractivity contribution is 0.0908. The van der Waals surface area contributed by atoms with Crippen molar-refractivity contribution in [1.29, 1.82) is 0 Å². The number of halogens is 2. The number of hydrogen-bond acceptors (Lipinski definition) is 3. The molecule has 0 unspecified atom stereocenters. The summed E-state index contributed by atoms with van der Waals surface area (Å²) in [6.45, 7) is 4.38. The SMILES string of the molecule is Cc1nn(Cc2ccccc2Cl)c(Cl)c1C(=O)NC1CCN(C2CC2)CC1. The van der Waals surface area contributed by atoms with Gasteiger partial charge in [-0.1, -0.05) is 41.4 Å². The summed E-state index contributed by atoms with van der Waals surface area (Å²) in [5, 5.41) is 8.64. The molecule has 5 nitrogen and oxygen atoms in total. The second-order valence-corrected chi connectivity index (χ2v) is 8.28. The van der Waals surface area contributed by atoms with Crippen LogP contribution < -0.4 is 5.32 Å². The van der Waals surface area contributed by atoms with Crippen molar-refractivity contribution in [2.75, 3.05) is 13.1 Å². The zero-order chi connectivity index (χ0) is 19.0. The molecular weight excluding hydrogens is 383 g/mol. The van der Waals surface area contributed by atoms with E-state index in [0.29, 0.717) is 28.0 Å². The molecule has 1 saturated carbocycles. The molecule has 2 heterocycles. The molecule has 0 radical (unpaired) electrons. The largest absolute Gasteiger partial charge is 0.349 e. The Hall–Kier alpha value is -1.56. The van der Waals surface area contributed by atoms with Gasteiger partial charge in [-0.3, -0.25) is 4.79 Å². The van der Waals surface area contributed by atoms with Gasteiger partial charge in [-0.2, -0.15) is 5.10 Å². The Morgan fingerprint density at radius 2 is 1.89 bits per heavy atom. The fourth-order valence-electron chi connectivity index (χ4n) is 3.81. The van der Waals surface area contributed by atoms with Crippen molar-refractivity contribution in [3.63, 3.8) is 0 Å². The molecule has 1 aliphatic carbocycles. The van der Waals surface area contributed by atoms with Gasteiger partial charge in [0.15, 0.2) is 0 Å². The standard InChI is InChI=1S/C20H24Cl2N4O/c1-13-18(19(22)26(24-13)12-14-4-2-3-5-17(14)21)20(27)23-15-8-10-25(11-9-15)16-6-7-16/h2-5,15-16H,6-12H2,1H3,(H,23,27). The number of nitrogens with one attached hydrogen (secondary N) is 1. The van der Waals surface area contributed by atoms with Gasteiger partial charge < -0.3 is 10.2 Å². The van der Waals surface area contributed by atoms with Crippen LogP contribution in [0, 0.1) is 6.92 Å². The van der Waals surface area contributed by atoms with Crippen LogP contribution in [-0.2, 0) is 6.54 Å². The number of piperidine rings is 1. The van der Waals surface area contributed by atoms with Gasteiger partial charge in [0.05, 0.1) is 17.8 Å². The molecule has 27 heavy (non-hydrogen) atoms. The van der Waals surface area contributed by atoms with E-state index < -0.39 is 0 Å². The first-order valence-electron chi connectivity index (χ1n) is 9.54. The van der Waals surface area contributed by atoms with Gasteiger partial charge in [0.2, 0.25) is 0 Å². The van der Waals surface area contributed by atoms with Gasteiger partial charge >= 0.3 is 0 Å². The molecule has 4 rings (SSSR count). The van der Waals surface area contributed by atoms with Crippen LogP contribution >= 0.6 is 23.2 Å². The minimum absolute atomic E-state index is 0.132. The number of likely N-dealkylation sites (tertiary alicyclic amines) is 1. The number of carbonyl (C=O) groups is 1. The van der Waals surface area contributed by atoms with Crippen molar-refractivity contribution in [2.24, 2.45) is 0 Å². The predicted octanol–water partition coefficient (Wildman–Crippen LogP) is 3.90. The van der Waals surface area contributed by atoms with Crippen molar-refractivity contribution in [2.45, 2.75) is 51.2 Å². The van der Waals surface area contributed by atoms with Gasteiger partial charge in [0, 0.05) is 30.2 Å². The van der Waals surface area contributed by atoms with Crippen LogP contribution in [-0.4, -0.2) is 45.8 Å². The third kappa shape index (κ3) is 4.15. The van der Waals surface area contributed by atoms with E-state index in [1.165, 1.54) is 12.8 Å². The van der Waals surface area contributed by atoms with Crippen LogP contribution in [0.1, 0.15) is 47.3 Å². The zero-order valence-electron chi connectivity index (χ0n) is 15.4. The zero-order valence-corrected chi connectivity index (χ0v) is 16.9. The first-order valence-corrected chi connectivity index (χ1v) is 10.3. The quantitative estimate of drug-likeness (QED) is 0.818. The van der Waals surface area contributed by atoms with Gasteiger partial charge in [-0.15, -0.1) is 0 Å². The van der Waals surface area contributed by atoms with Crippen molar-refractivity contribution in [3.8, 4) is 0 Å². The number of benzene rings is 1. The summed E-state index contributed by atoms with van der Waals surface area (Å²) in [4.78, 5) is 15.4. The van der Waals surface area contributed by atoms with Gasteiger partial charge in [0.25, 0.3) is 5.91 Å². The molecule has 1 aromatic heterocycles. The van der Waals surface area contributed by atoms with Crippen molar-refractivity contribution >= 4 is 29.1 Å². The van der Waals surface area contributed by atoms with E-state index in [4.69, 9.17) is 23.2 Å². The number of amides is 1. The Balaban J connectivity index is 1.43. The summed E-state index contributed by atoms with van der Waals surface area (Å²) >= 11 is 12.7. The van der Waals surface area contributed by atoms with Gasteiger partial charge in [-0.05, 0) is 44.2 Å². The lowest BCUT2D eigenvalue weighted by Gasteiger charge is -2.32. The first kappa shape index (κ1) is 18.8. The Morgan fingerprint density at radius 1 is 1.19 bits per heavy atom. The van der Waals surface area contributed by atoms with Crippen LogP contribution in [0.3, 0.4) is 0 Å². The van der Waals surface area contributed by atoms with Crippen LogP contribution in [0.2, 0.25) is 10.2 Å². The average Bonchev–Trinajstić information content (AvgIpc) is 3.44. The maximum atomic E-state index is 12.8. The maximum absolute atomic E-state index is 12.8. The normalized spacial score (nSPS) is 18.6. The summed E-state index contributed by atoms with van der Waals surface area (Å²) in [5.74, 6) is -0.132. The Morgan fingerprint density at radius 3 is 2.56 bits per heavy atom. The highest BCUT2D eigenvalue weighted by atomic mass is 35.5. The number of aromatic nitrogens is 2. The maximum Gasteiger partial charge on any atom is 0.256 e. The fraction of sp³-hybridized carbons (Fsp3) is 0.500. The summed E-state index contributed by atoms with van der Waals surface area (Å²) < 4.78 is 1.64. The lowest BCUT2D eigenvalue weighted by Crippen LogP contribution is -2.45. The fourth-order valence-corrected chi connectivity index (χ4v) is 4.33. The van der Waals surface area contributed by atoms with E-state index >= 15 is 0 Å². The predicted molar refractivity (Wildman–Crippen MR) is 108 cm³/mol. The molecule has 0 spiro atoms. The number of rotatable bonds is 5. The van der Waals surface area contributed by atoms with Crippen LogP contribution in [0.4, 0.5) is 0 Å². The molecule has 2 fully saturated rings. The molecule has 144 valence electrons. The van der Waals surface area contributed by atoms with Crippen molar-refractivity contribution in [3.05, 3.63) is 51.3 Å². The summed E-state index contributed by atoms with van der Waals surface area (Å²) in [6, 6.07) is 8.57. The first-order chi connectivity index (χ1) is 13.0. The molecule has 0 bridgehead atoms. The molecule has 1 amide bonds. The average molecular weight is 407 g/mol. The van der Waals surface area contributed by atoms with Gasteiger partial charge in [0.1, 0.15) is 5.15 Å². The third-order valence-electron chi connectivity index (χ3n) is 5.50. The van der Waals surface area contributed by atoms with Crippen molar-refractivity contribution in [1.82, 2.24) is 20.0 Å². The molecule has 0 atom stereocenters. The monoisotopic (exact) mass is 406 g/mol. The van der Waals surface area contributed by atoms with E-state index in [1.54, 1.807) is 4.68 Å². The summed E-state index contributed by atoms with van der Waals surface area (Å²) in [6.07, 6.45) is 4.65. The van der Waals surface area contributed by atoms with E-state index in [0.717, 1.165) is 37.5 Å². The number of nitrogens with zero attached hydrogens (tertiary/aromatic N) is 3. The highest BCUT2D eigenvalue weighted by molar-refractivity contribution is 6.33. The van der Waals surface area contributed by atoms with E-state index in [-0.39, 0.29) is 11.9 Å². The smallest absolute Gasteiger partial charge is 0.256 e. The van der Waals surface area contributed by atoms with E-state index in [9.17, 15) is 4.79 Å². The molecule has 1 aromatic carbocycles. The minimum atomic E-state index is -0.132. The van der Waals surface area contributed by atoms with Crippen LogP contribution in [0.25, 0.3) is 0 Å². The molecular formula is C20H24Cl2N4O. The number of hydrogen-bond donors (Lipinski definition) is 1. The topological polar surface area (TPSA) is 50.2 Å². The summed E-state index contributed by atoms with van der Waals surface area (Å²) in [7, 11) is 0. The third-order valence-corrected chi connectivity index (χ3v) is 6.25. The summed E-state index contributed by atoms with van der Waals surface area (Å²) in [5.41, 5.74) is 2.02. The van der Waals surface area contributed by atoms with Crippen LogP contribution in [0.15, 0.2) is 24.3 Å².